The fraction of sp³-hybridized carbons (Fsp3) is 0.263. The lowest BCUT2D eigenvalue weighted by atomic mass is 10.2. The minimum Gasteiger partial charge on any atom is -0.493 e. The van der Waals surface area contributed by atoms with Crippen LogP contribution in [0.5, 0.6) is 11.5 Å². The van der Waals surface area contributed by atoms with Crippen molar-refractivity contribution >= 4 is 39.1 Å². The molecule has 0 saturated heterocycles. The van der Waals surface area contributed by atoms with Crippen LogP contribution in [-0.2, 0) is 16.1 Å². The van der Waals surface area contributed by atoms with Gasteiger partial charge in [-0.25, -0.2) is 9.78 Å². The number of esters is 1. The highest BCUT2D eigenvalue weighted by molar-refractivity contribution is 7.20. The molecule has 1 aromatic carbocycles. The number of ether oxygens (including phenoxy) is 3. The van der Waals surface area contributed by atoms with Crippen molar-refractivity contribution in [2.45, 2.75) is 13.5 Å². The van der Waals surface area contributed by atoms with Gasteiger partial charge in [0.2, 0.25) is 5.91 Å². The summed E-state index contributed by atoms with van der Waals surface area (Å²) in [5.74, 6) is 0.0599. The van der Waals surface area contributed by atoms with E-state index in [0.29, 0.717) is 37.8 Å². The van der Waals surface area contributed by atoms with Gasteiger partial charge in [-0.2, -0.15) is 0 Å². The average Bonchev–Trinajstić information content (AvgIpc) is 3.06. The Balaban J connectivity index is 1.85. The molecule has 0 bridgehead atoms. The first-order chi connectivity index (χ1) is 13.9. The zero-order valence-electron chi connectivity index (χ0n) is 16.3. The minimum absolute atomic E-state index is 0.237. The van der Waals surface area contributed by atoms with Gasteiger partial charge in [-0.3, -0.25) is 14.2 Å². The van der Waals surface area contributed by atoms with Crippen molar-refractivity contribution in [2.24, 2.45) is 0 Å². The van der Waals surface area contributed by atoms with Gasteiger partial charge in [0.25, 0.3) is 5.56 Å². The molecule has 0 unspecified atom stereocenters. The van der Waals surface area contributed by atoms with Gasteiger partial charge in [0.1, 0.15) is 16.3 Å². The summed E-state index contributed by atoms with van der Waals surface area (Å²) in [6.45, 7) is 1.42. The lowest BCUT2D eigenvalue weighted by Gasteiger charge is -2.11. The third kappa shape index (κ3) is 3.92. The molecule has 0 atom stereocenters. The Kier molecular flexibility index (Phi) is 5.83. The van der Waals surface area contributed by atoms with Crippen molar-refractivity contribution in [1.82, 2.24) is 9.55 Å². The topological polar surface area (TPSA) is 109 Å². The summed E-state index contributed by atoms with van der Waals surface area (Å²) in [5.41, 5.74) is 0.583. The number of methoxy groups -OCH3 is 3. The van der Waals surface area contributed by atoms with Crippen LogP contribution in [0.1, 0.15) is 15.2 Å². The number of thiophene rings is 1. The van der Waals surface area contributed by atoms with Crippen molar-refractivity contribution in [2.75, 3.05) is 26.6 Å². The number of aromatic nitrogens is 2. The number of anilines is 1. The van der Waals surface area contributed by atoms with Gasteiger partial charge in [-0.15, -0.1) is 11.3 Å². The molecule has 1 amide bonds. The molecule has 2 heterocycles. The zero-order valence-corrected chi connectivity index (χ0v) is 17.1. The Bertz CT molecular complexity index is 1150. The third-order valence-corrected chi connectivity index (χ3v) is 5.45. The van der Waals surface area contributed by atoms with Crippen LogP contribution in [0.4, 0.5) is 5.69 Å². The number of hydrogen-bond donors (Lipinski definition) is 1. The molecule has 0 aliphatic rings. The molecule has 29 heavy (non-hydrogen) atoms. The molecule has 1 N–H and O–H groups in total. The molecule has 152 valence electrons. The highest BCUT2D eigenvalue weighted by atomic mass is 32.1. The first kappa shape index (κ1) is 20.3. The number of rotatable bonds is 6. The van der Waals surface area contributed by atoms with Crippen molar-refractivity contribution in [3.8, 4) is 11.5 Å². The second-order valence-corrected chi connectivity index (χ2v) is 7.02. The Morgan fingerprint density at radius 2 is 1.90 bits per heavy atom. The molecule has 3 rings (SSSR count). The number of nitrogens with zero attached hydrogens (tertiary/aromatic N) is 2. The predicted octanol–water partition coefficient (Wildman–Crippen LogP) is 2.21. The van der Waals surface area contributed by atoms with E-state index in [1.165, 1.54) is 32.2 Å². The number of carbonyl (C=O) groups is 2. The molecule has 0 aliphatic carbocycles. The van der Waals surface area contributed by atoms with Crippen LogP contribution in [0, 0.1) is 6.92 Å². The van der Waals surface area contributed by atoms with E-state index >= 15 is 0 Å². The van der Waals surface area contributed by atoms with Gasteiger partial charge in [-0.1, -0.05) is 0 Å². The van der Waals surface area contributed by atoms with E-state index in [4.69, 9.17) is 14.2 Å². The van der Waals surface area contributed by atoms with Gasteiger partial charge < -0.3 is 19.5 Å². The summed E-state index contributed by atoms with van der Waals surface area (Å²) in [4.78, 5) is 42.0. The lowest BCUT2D eigenvalue weighted by molar-refractivity contribution is -0.116. The van der Waals surface area contributed by atoms with Crippen LogP contribution in [0.2, 0.25) is 0 Å². The van der Waals surface area contributed by atoms with Crippen LogP contribution >= 0.6 is 11.3 Å². The standard InChI is InChI=1S/C19H19N3O6S/c1-10-15-17(29-16(10)19(25)28-4)20-9-22(18(15)24)8-14(23)21-11-5-6-12(26-2)13(7-11)27-3/h5-7,9H,8H2,1-4H3,(H,21,23). The van der Waals surface area contributed by atoms with Gasteiger partial charge in [0.15, 0.2) is 11.5 Å². The van der Waals surface area contributed by atoms with Gasteiger partial charge >= 0.3 is 5.97 Å². The normalized spacial score (nSPS) is 10.6. The molecule has 0 spiro atoms. The molecule has 0 saturated carbocycles. The smallest absolute Gasteiger partial charge is 0.348 e. The summed E-state index contributed by atoms with van der Waals surface area (Å²) in [6, 6.07) is 4.94. The lowest BCUT2D eigenvalue weighted by Crippen LogP contribution is -2.27. The van der Waals surface area contributed by atoms with E-state index in [-0.39, 0.29) is 6.54 Å². The fourth-order valence-electron chi connectivity index (χ4n) is 2.83. The third-order valence-electron chi connectivity index (χ3n) is 4.27. The van der Waals surface area contributed by atoms with Crippen molar-refractivity contribution in [3.63, 3.8) is 0 Å². The highest BCUT2D eigenvalue weighted by Crippen LogP contribution is 2.30. The monoisotopic (exact) mass is 417 g/mol. The second kappa shape index (κ2) is 8.31. The van der Waals surface area contributed by atoms with E-state index in [1.807, 2.05) is 0 Å². The summed E-state index contributed by atoms with van der Waals surface area (Å²) in [5, 5.41) is 3.01. The van der Waals surface area contributed by atoms with Crippen molar-refractivity contribution < 1.29 is 23.8 Å². The van der Waals surface area contributed by atoms with E-state index in [9.17, 15) is 14.4 Å². The Hall–Kier alpha value is -3.40. The summed E-state index contributed by atoms with van der Waals surface area (Å²) in [7, 11) is 4.29. The number of hydrogen-bond acceptors (Lipinski definition) is 8. The van der Waals surface area contributed by atoms with E-state index < -0.39 is 17.4 Å². The number of fused-ring (bicyclic) bond motifs is 1. The van der Waals surface area contributed by atoms with Crippen LogP contribution in [0.3, 0.4) is 0 Å². The Labute approximate surface area is 169 Å². The number of nitrogens with one attached hydrogen (secondary N) is 1. The molecule has 0 aliphatic heterocycles. The van der Waals surface area contributed by atoms with Crippen molar-refractivity contribution in [3.05, 3.63) is 45.3 Å². The SMILES string of the molecule is COC(=O)c1sc2ncn(CC(=O)Nc3ccc(OC)c(OC)c3)c(=O)c2c1C. The second-order valence-electron chi connectivity index (χ2n) is 6.02. The van der Waals surface area contributed by atoms with E-state index in [1.54, 1.807) is 25.1 Å². The summed E-state index contributed by atoms with van der Waals surface area (Å²) >= 11 is 1.08. The fourth-order valence-corrected chi connectivity index (χ4v) is 3.89. The number of carbonyl (C=O) groups excluding carboxylic acids is 2. The number of aryl methyl sites for hydroxylation is 1. The van der Waals surface area contributed by atoms with Crippen molar-refractivity contribution in [1.29, 1.82) is 0 Å². The Morgan fingerprint density at radius 1 is 1.17 bits per heavy atom. The predicted molar refractivity (Wildman–Crippen MR) is 108 cm³/mol. The molecule has 10 heteroatoms. The van der Waals surface area contributed by atoms with Crippen LogP contribution < -0.4 is 20.3 Å². The van der Waals surface area contributed by atoms with E-state index in [0.717, 1.165) is 11.3 Å². The molecule has 3 aromatic rings. The Morgan fingerprint density at radius 3 is 2.55 bits per heavy atom. The number of amides is 1. The maximum atomic E-state index is 12.8. The summed E-state index contributed by atoms with van der Waals surface area (Å²) < 4.78 is 16.3. The van der Waals surface area contributed by atoms with Gasteiger partial charge in [0, 0.05) is 11.8 Å². The molecule has 0 radical (unpaired) electrons. The minimum atomic E-state index is -0.525. The molecular weight excluding hydrogens is 398 g/mol. The van der Waals surface area contributed by atoms with E-state index in [2.05, 4.69) is 10.3 Å². The van der Waals surface area contributed by atoms with Gasteiger partial charge in [-0.05, 0) is 24.6 Å². The maximum absolute atomic E-state index is 12.8. The molecular formula is C19H19N3O6S. The molecule has 2 aromatic heterocycles. The van der Waals surface area contributed by atoms with Gasteiger partial charge in [0.05, 0.1) is 33.0 Å². The number of benzene rings is 1. The largest absolute Gasteiger partial charge is 0.493 e. The first-order valence-electron chi connectivity index (χ1n) is 8.48. The average molecular weight is 417 g/mol. The van der Waals surface area contributed by atoms with Crippen LogP contribution in [0.15, 0.2) is 29.3 Å². The quantitative estimate of drug-likeness (QED) is 0.613. The zero-order chi connectivity index (χ0) is 21.1. The highest BCUT2D eigenvalue weighted by Gasteiger charge is 2.20. The molecule has 0 fully saturated rings. The molecule has 9 nitrogen and oxygen atoms in total. The maximum Gasteiger partial charge on any atom is 0.348 e. The summed E-state index contributed by atoms with van der Waals surface area (Å²) in [6.07, 6.45) is 1.29. The van der Waals surface area contributed by atoms with Crippen LogP contribution in [-0.4, -0.2) is 42.8 Å². The first-order valence-corrected chi connectivity index (χ1v) is 9.30. The van der Waals surface area contributed by atoms with Crippen LogP contribution in [0.25, 0.3) is 10.2 Å².